The van der Waals surface area contributed by atoms with Crippen molar-refractivity contribution in [3.05, 3.63) is 611 Å². The number of hydrogen-bond donors (Lipinski definition) is 0. The Morgan fingerprint density at radius 1 is 0.157 bits per heavy atom. The van der Waals surface area contributed by atoms with Crippen LogP contribution in [0.25, 0.3) is 82.1 Å². The molecule has 12 aliphatic carbocycles. The Bertz CT molecular complexity index is 7220. The summed E-state index contributed by atoms with van der Waals surface area (Å²) < 4.78 is 5.43. The Balaban J connectivity index is 0.000000109. The van der Waals surface area contributed by atoms with Gasteiger partial charge in [-0.25, -0.2) is 0 Å². The third kappa shape index (κ3) is 13.9. The van der Waals surface area contributed by atoms with E-state index in [4.69, 9.17) is 0 Å². The molecule has 22 aromatic rings. The molecule has 4 aromatic heterocycles. The summed E-state index contributed by atoms with van der Waals surface area (Å²) in [5.41, 5.74) is 42.5. The van der Waals surface area contributed by atoms with Crippen LogP contribution in [-0.2, 0) is 0 Å². The lowest BCUT2D eigenvalue weighted by atomic mass is 9.53. The van der Waals surface area contributed by atoms with E-state index in [1.54, 1.807) is 117 Å². The van der Waals surface area contributed by atoms with Gasteiger partial charge in [-0.2, -0.15) is 0 Å². The van der Waals surface area contributed by atoms with E-state index in [2.05, 4.69) is 315 Å². The number of fused-ring (bicyclic) bond motifs is 4. The zero-order valence-electron chi connectivity index (χ0n) is 74.9. The predicted molar refractivity (Wildman–Crippen MR) is 568 cm³/mol. The second-order valence-electron chi connectivity index (χ2n) is 36.3. The van der Waals surface area contributed by atoms with Crippen LogP contribution < -0.4 is 0 Å². The predicted octanol–water partition coefficient (Wildman–Crippen LogP) is 33.2. The number of benzene rings is 18. The van der Waals surface area contributed by atoms with Crippen molar-refractivity contribution in [1.82, 2.24) is 0 Å². The molecule has 0 saturated heterocycles. The van der Waals surface area contributed by atoms with Gasteiger partial charge in [0, 0.05) is 156 Å². The summed E-state index contributed by atoms with van der Waals surface area (Å²) in [4.78, 5) is 44.0. The number of nitro benzene ring substituents is 4. The summed E-state index contributed by atoms with van der Waals surface area (Å²) in [7, 11) is 0. The summed E-state index contributed by atoms with van der Waals surface area (Å²) in [6, 6.07) is 153. The van der Waals surface area contributed by atoms with E-state index in [9.17, 15) is 40.5 Å². The number of rotatable bonds is 8. The SMILES string of the molecule is O=[N+]([O-])c1ccccc1.O=[N+]([O-])c1ccccc1.O=[N+]([O-])c1ccccc1.O=[N+]([O-])c1ccccc1.c1ccc2c(c1)C1c3ccccc3C2c2c(-c3cc4ccccc4s3)c3c(c(-c4cc5ccccc5s4)c21)C1c2ccccc2C3c2ccccc21.c1ccc2c(c1)C1c3ccccc3C2c2c(-c3cc4ccccc4s3)c3c(c(-c4cc5ccccc5s4)c21)C1c2ccccc2C3c2ccccc21. The normalized spacial score (nSPS) is 16.8. The van der Waals surface area contributed by atoms with Gasteiger partial charge in [0.1, 0.15) is 0 Å². The molecular formula is C124H80N4O8S4. The van der Waals surface area contributed by atoms with Crippen molar-refractivity contribution in [2.24, 2.45) is 0 Å². The first-order valence-electron chi connectivity index (χ1n) is 46.8. The zero-order valence-corrected chi connectivity index (χ0v) is 78.1. The Morgan fingerprint density at radius 3 is 0.400 bits per heavy atom. The molecule has 668 valence electrons. The lowest BCUT2D eigenvalue weighted by molar-refractivity contribution is -0.385. The molecule has 0 aliphatic heterocycles. The van der Waals surface area contributed by atoms with Gasteiger partial charge in [-0.05, 0) is 204 Å². The summed E-state index contributed by atoms with van der Waals surface area (Å²) in [6.07, 6.45) is 0. The molecule has 4 heterocycles. The average Bonchev–Trinajstić information content (AvgIpc) is 0.968. The van der Waals surface area contributed by atoms with Crippen LogP contribution in [0.15, 0.2) is 437 Å². The Kier molecular flexibility index (Phi) is 21.2. The summed E-state index contributed by atoms with van der Waals surface area (Å²) in [5, 5.41) is 45.4. The van der Waals surface area contributed by atoms with Gasteiger partial charge in [-0.15, -0.1) is 45.3 Å². The summed E-state index contributed by atoms with van der Waals surface area (Å²) >= 11 is 7.94. The molecule has 0 amide bonds. The molecular weight excluding hydrogens is 1800 g/mol. The van der Waals surface area contributed by atoms with Gasteiger partial charge in [-0.1, -0.05) is 340 Å². The van der Waals surface area contributed by atoms with Crippen LogP contribution in [0.2, 0.25) is 0 Å². The van der Waals surface area contributed by atoms with E-state index in [1.807, 2.05) is 45.3 Å². The van der Waals surface area contributed by atoms with Crippen LogP contribution in [-0.4, -0.2) is 19.7 Å². The highest BCUT2D eigenvalue weighted by molar-refractivity contribution is 7.23. The molecule has 0 radical (unpaired) electrons. The number of hydrogen-bond acceptors (Lipinski definition) is 12. The van der Waals surface area contributed by atoms with E-state index < -0.39 is 19.7 Å². The lowest BCUT2D eigenvalue weighted by Gasteiger charge is -2.49. The van der Waals surface area contributed by atoms with Crippen LogP contribution in [0.1, 0.15) is 181 Å². The molecule has 12 nitrogen and oxygen atoms in total. The molecule has 18 aromatic carbocycles. The molecule has 34 rings (SSSR count). The average molecular weight is 1880 g/mol. The van der Waals surface area contributed by atoms with Gasteiger partial charge in [0.25, 0.3) is 22.7 Å². The van der Waals surface area contributed by atoms with Gasteiger partial charge in [0.05, 0.1) is 19.7 Å². The fourth-order valence-corrected chi connectivity index (χ4v) is 28.4. The minimum absolute atomic E-state index is 0.137. The van der Waals surface area contributed by atoms with E-state index >= 15 is 0 Å². The van der Waals surface area contributed by atoms with E-state index in [-0.39, 0.29) is 70.1 Å². The van der Waals surface area contributed by atoms with Crippen LogP contribution in [0, 0.1) is 40.5 Å². The molecule has 0 unspecified atom stereocenters. The van der Waals surface area contributed by atoms with Crippen LogP contribution in [0.5, 0.6) is 0 Å². The molecule has 0 atom stereocenters. The Morgan fingerprint density at radius 2 is 0.279 bits per heavy atom. The number of thiophene rings is 4. The summed E-state index contributed by atoms with van der Waals surface area (Å²) in [6.45, 7) is 0. The van der Waals surface area contributed by atoms with Gasteiger partial charge in [-0.3, -0.25) is 40.5 Å². The maximum absolute atomic E-state index is 10.0. The molecule has 12 aliphatic rings. The number of nitro groups is 4. The maximum atomic E-state index is 10.0. The van der Waals surface area contributed by atoms with E-state index in [1.165, 1.54) is 220 Å². The highest BCUT2D eigenvalue weighted by Gasteiger charge is 2.54. The summed E-state index contributed by atoms with van der Waals surface area (Å²) in [5.74, 6) is 1.31. The smallest absolute Gasteiger partial charge is 0.258 e. The van der Waals surface area contributed by atoms with Gasteiger partial charge in [0.2, 0.25) is 0 Å². The minimum Gasteiger partial charge on any atom is -0.258 e. The molecule has 16 heteroatoms. The van der Waals surface area contributed by atoms with Crippen LogP contribution in [0.4, 0.5) is 22.7 Å². The standard InChI is InChI=1S/2C50H30S2.4C6H5NO2/c2*1-11-23-37-27(13-1)25-39(51-37)45-47-41-29-15-3-7-19-33(29)43(34-20-8-4-16-30(34)41)49(47)46(40-26-28-14-2-12-24-38(28)52-40)50-44-35-21-9-5-17-31(35)42(48(45)50)32-18-6-10-22-36(32)44;4*8-7(9)6-4-2-1-3-5-6/h2*1-26,41-44H;4*1-5H. The first-order chi connectivity index (χ1) is 68.9. The lowest BCUT2D eigenvalue weighted by Crippen LogP contribution is -2.34. The first kappa shape index (κ1) is 85.1. The van der Waals surface area contributed by atoms with Gasteiger partial charge < -0.3 is 0 Å². The molecule has 0 saturated carbocycles. The van der Waals surface area contributed by atoms with Crippen molar-refractivity contribution in [3.63, 3.8) is 0 Å². The maximum Gasteiger partial charge on any atom is 0.269 e. The third-order valence-corrected chi connectivity index (χ3v) is 33.7. The van der Waals surface area contributed by atoms with Crippen molar-refractivity contribution in [1.29, 1.82) is 0 Å². The molecule has 8 bridgehead atoms. The largest absolute Gasteiger partial charge is 0.269 e. The quantitative estimate of drug-likeness (QED) is 0.107. The Labute approximate surface area is 821 Å². The van der Waals surface area contributed by atoms with Gasteiger partial charge >= 0.3 is 0 Å². The second kappa shape index (κ2) is 34.9. The number of non-ortho nitro benzene ring substituents is 4. The molecule has 0 fully saturated rings. The fourth-order valence-electron chi connectivity index (χ4n) is 23.9. The first-order valence-corrected chi connectivity index (χ1v) is 50.1. The molecule has 0 N–H and O–H groups in total. The van der Waals surface area contributed by atoms with Crippen molar-refractivity contribution < 1.29 is 19.7 Å². The molecule has 140 heavy (non-hydrogen) atoms. The van der Waals surface area contributed by atoms with Crippen molar-refractivity contribution in [2.75, 3.05) is 0 Å². The second-order valence-corrected chi connectivity index (χ2v) is 40.6. The van der Waals surface area contributed by atoms with Crippen LogP contribution in [0.3, 0.4) is 0 Å². The number of nitrogens with zero attached hydrogens (tertiary/aromatic N) is 4. The van der Waals surface area contributed by atoms with Crippen LogP contribution >= 0.6 is 45.3 Å². The van der Waals surface area contributed by atoms with Gasteiger partial charge in [0.15, 0.2) is 0 Å². The topological polar surface area (TPSA) is 173 Å². The van der Waals surface area contributed by atoms with E-state index in [0.717, 1.165) is 0 Å². The number of para-hydroxylation sites is 4. The highest BCUT2D eigenvalue weighted by Crippen LogP contribution is 2.71. The highest BCUT2D eigenvalue weighted by atomic mass is 32.1. The van der Waals surface area contributed by atoms with E-state index in [0.29, 0.717) is 0 Å². The minimum atomic E-state index is -0.417. The van der Waals surface area contributed by atoms with Crippen molar-refractivity contribution >= 4 is 108 Å². The monoisotopic (exact) mass is 1880 g/mol. The Hall–Kier alpha value is -16.6. The van der Waals surface area contributed by atoms with Crippen molar-refractivity contribution in [3.8, 4) is 41.8 Å². The molecule has 0 spiro atoms. The third-order valence-electron chi connectivity index (χ3n) is 29.1. The fraction of sp³-hybridized carbons (Fsp3) is 0.0645. The van der Waals surface area contributed by atoms with Crippen molar-refractivity contribution in [2.45, 2.75) is 47.3 Å². The zero-order chi connectivity index (χ0) is 94.1.